The Hall–Kier alpha value is -2.94. The van der Waals surface area contributed by atoms with Gasteiger partial charge in [0.1, 0.15) is 10.8 Å². The lowest BCUT2D eigenvalue weighted by molar-refractivity contribution is -0.114. The van der Waals surface area contributed by atoms with E-state index >= 15 is 0 Å². The van der Waals surface area contributed by atoms with Crippen molar-refractivity contribution in [2.24, 2.45) is 0 Å². The van der Waals surface area contributed by atoms with Crippen molar-refractivity contribution in [3.63, 3.8) is 0 Å². The fourth-order valence-corrected chi connectivity index (χ4v) is 3.61. The summed E-state index contributed by atoms with van der Waals surface area (Å²) in [4.78, 5) is 38.8. The molecule has 0 aliphatic heterocycles. The Morgan fingerprint density at radius 2 is 1.82 bits per heavy atom. The van der Waals surface area contributed by atoms with Crippen LogP contribution in [0.25, 0.3) is 0 Å². The molecule has 0 spiro atoms. The molecule has 0 saturated heterocycles. The largest absolute Gasteiger partial charge is 0.462 e. The van der Waals surface area contributed by atoms with E-state index in [9.17, 15) is 18.8 Å². The van der Waals surface area contributed by atoms with E-state index < -0.39 is 11.9 Å². The zero-order chi connectivity index (χ0) is 20.8. The van der Waals surface area contributed by atoms with E-state index in [4.69, 9.17) is 4.74 Å². The number of carbonyl (C=O) groups excluding carboxylic acids is 3. The van der Waals surface area contributed by atoms with Crippen LogP contribution in [-0.4, -0.2) is 49.9 Å². The molecule has 1 aromatic carbocycles. The minimum atomic E-state index is -0.601. The predicted molar refractivity (Wildman–Crippen MR) is 107 cm³/mol. The molecule has 1 heterocycles. The number of carbonyl (C=O) groups is 3. The second-order valence-electron chi connectivity index (χ2n) is 6.09. The average Bonchev–Trinajstić information content (AvgIpc) is 2.96. The van der Waals surface area contributed by atoms with E-state index in [2.05, 4.69) is 10.6 Å². The van der Waals surface area contributed by atoms with E-state index in [0.717, 1.165) is 11.3 Å². The monoisotopic (exact) mass is 407 g/mol. The normalized spacial score (nSPS) is 10.3. The van der Waals surface area contributed by atoms with Gasteiger partial charge >= 0.3 is 5.97 Å². The van der Waals surface area contributed by atoms with Crippen molar-refractivity contribution in [2.75, 3.05) is 37.9 Å². The number of halogens is 1. The molecule has 0 unspecified atom stereocenters. The van der Waals surface area contributed by atoms with Gasteiger partial charge in [-0.2, -0.15) is 0 Å². The number of hydrogen-bond donors (Lipinski definition) is 2. The van der Waals surface area contributed by atoms with E-state index in [1.807, 2.05) is 0 Å². The minimum absolute atomic E-state index is 0.0954. The second-order valence-corrected chi connectivity index (χ2v) is 7.11. The highest BCUT2D eigenvalue weighted by atomic mass is 32.1. The van der Waals surface area contributed by atoms with Crippen LogP contribution in [0.5, 0.6) is 0 Å². The molecule has 0 fully saturated rings. The van der Waals surface area contributed by atoms with Crippen LogP contribution in [0, 0.1) is 12.7 Å². The molecule has 2 rings (SSSR count). The van der Waals surface area contributed by atoms with Gasteiger partial charge < -0.3 is 20.3 Å². The Balaban J connectivity index is 2.21. The maximum Gasteiger partial charge on any atom is 0.341 e. The van der Waals surface area contributed by atoms with Gasteiger partial charge in [0.2, 0.25) is 5.91 Å². The molecule has 2 N–H and O–H groups in total. The van der Waals surface area contributed by atoms with E-state index in [-0.39, 0.29) is 35.4 Å². The van der Waals surface area contributed by atoms with Crippen molar-refractivity contribution in [1.82, 2.24) is 4.90 Å². The number of esters is 1. The zero-order valence-corrected chi connectivity index (χ0v) is 16.9. The zero-order valence-electron chi connectivity index (χ0n) is 16.1. The van der Waals surface area contributed by atoms with E-state index in [1.54, 1.807) is 27.9 Å². The van der Waals surface area contributed by atoms with Gasteiger partial charge in [0.05, 0.1) is 23.6 Å². The highest BCUT2D eigenvalue weighted by molar-refractivity contribution is 7.18. The first-order valence-corrected chi connectivity index (χ1v) is 9.37. The first-order valence-electron chi connectivity index (χ1n) is 8.56. The number of thiophene rings is 1. The summed E-state index contributed by atoms with van der Waals surface area (Å²) in [5.41, 5.74) is 1.21. The van der Waals surface area contributed by atoms with Gasteiger partial charge in [0.15, 0.2) is 0 Å². The molecule has 0 saturated carbocycles. The summed E-state index contributed by atoms with van der Waals surface area (Å²) in [6, 6.07) is 5.58. The lowest BCUT2D eigenvalue weighted by Gasteiger charge is -2.09. The quantitative estimate of drug-likeness (QED) is 0.689. The average molecular weight is 407 g/mol. The molecule has 7 nitrogen and oxygen atoms in total. The Morgan fingerprint density at radius 3 is 2.39 bits per heavy atom. The number of anilines is 2. The Labute approximate surface area is 166 Å². The van der Waals surface area contributed by atoms with Crippen LogP contribution in [0.3, 0.4) is 0 Å². The third-order valence-corrected chi connectivity index (χ3v) is 4.97. The van der Waals surface area contributed by atoms with Crippen molar-refractivity contribution in [3.8, 4) is 0 Å². The number of nitrogens with zero attached hydrogens (tertiary/aromatic N) is 1. The van der Waals surface area contributed by atoms with Crippen LogP contribution >= 0.6 is 11.3 Å². The molecule has 0 aliphatic carbocycles. The molecule has 0 bridgehead atoms. The summed E-state index contributed by atoms with van der Waals surface area (Å²) in [5.74, 6) is -1.66. The van der Waals surface area contributed by atoms with Gasteiger partial charge in [0, 0.05) is 19.8 Å². The topological polar surface area (TPSA) is 87.7 Å². The first-order chi connectivity index (χ1) is 13.2. The Morgan fingerprint density at radius 1 is 1.18 bits per heavy atom. The van der Waals surface area contributed by atoms with Crippen molar-refractivity contribution in [3.05, 3.63) is 46.1 Å². The molecule has 1 aromatic heterocycles. The van der Waals surface area contributed by atoms with Gasteiger partial charge in [-0.25, -0.2) is 9.18 Å². The molecule has 2 aromatic rings. The van der Waals surface area contributed by atoms with Crippen LogP contribution in [0.4, 0.5) is 15.1 Å². The van der Waals surface area contributed by atoms with Crippen LogP contribution in [0.15, 0.2) is 24.3 Å². The standard InChI is InChI=1S/C19H22FN3O4S/c1-5-27-19(26)15-11(2)16(18(25)23(3)4)28-17(15)22-14(24)10-21-13-8-6-12(20)7-9-13/h6-9,21H,5,10H2,1-4H3,(H,22,24). The number of benzene rings is 1. The molecular formula is C19H22FN3O4S. The lowest BCUT2D eigenvalue weighted by Crippen LogP contribution is -2.22. The summed E-state index contributed by atoms with van der Waals surface area (Å²) in [5, 5.41) is 5.78. The second kappa shape index (κ2) is 9.32. The number of ether oxygens (including phenoxy) is 1. The molecule has 2 amide bonds. The lowest BCUT2D eigenvalue weighted by atomic mass is 10.1. The summed E-state index contributed by atoms with van der Waals surface area (Å²) in [6.45, 7) is 3.40. The number of amides is 2. The molecule has 0 radical (unpaired) electrons. The molecule has 28 heavy (non-hydrogen) atoms. The SMILES string of the molecule is CCOC(=O)c1c(NC(=O)CNc2ccc(F)cc2)sc(C(=O)N(C)C)c1C. The van der Waals surface area contributed by atoms with Crippen LogP contribution in [0.1, 0.15) is 32.5 Å². The Bertz CT molecular complexity index is 878. The predicted octanol–water partition coefficient (Wildman–Crippen LogP) is 3.12. The van der Waals surface area contributed by atoms with Gasteiger partial charge in [-0.1, -0.05) is 0 Å². The van der Waals surface area contributed by atoms with Crippen molar-refractivity contribution in [2.45, 2.75) is 13.8 Å². The minimum Gasteiger partial charge on any atom is -0.462 e. The summed E-state index contributed by atoms with van der Waals surface area (Å²) in [6.07, 6.45) is 0. The summed E-state index contributed by atoms with van der Waals surface area (Å²) < 4.78 is 18.0. The van der Waals surface area contributed by atoms with Gasteiger partial charge in [-0.15, -0.1) is 11.3 Å². The maximum absolute atomic E-state index is 12.9. The van der Waals surface area contributed by atoms with E-state index in [0.29, 0.717) is 16.1 Å². The van der Waals surface area contributed by atoms with Gasteiger partial charge in [-0.05, 0) is 43.7 Å². The fraction of sp³-hybridized carbons (Fsp3) is 0.316. The third kappa shape index (κ3) is 5.07. The highest BCUT2D eigenvalue weighted by Crippen LogP contribution is 2.34. The summed E-state index contributed by atoms with van der Waals surface area (Å²) in [7, 11) is 3.22. The van der Waals surface area contributed by atoms with Crippen LogP contribution in [-0.2, 0) is 9.53 Å². The summed E-state index contributed by atoms with van der Waals surface area (Å²) >= 11 is 1.03. The molecular weight excluding hydrogens is 385 g/mol. The maximum atomic E-state index is 12.9. The number of hydrogen-bond acceptors (Lipinski definition) is 6. The van der Waals surface area contributed by atoms with Gasteiger partial charge in [0.25, 0.3) is 5.91 Å². The molecule has 0 aliphatic rings. The smallest absolute Gasteiger partial charge is 0.341 e. The highest BCUT2D eigenvalue weighted by Gasteiger charge is 2.27. The van der Waals surface area contributed by atoms with Crippen molar-refractivity contribution < 1.29 is 23.5 Å². The Kier molecular flexibility index (Phi) is 7.11. The van der Waals surface area contributed by atoms with Crippen molar-refractivity contribution in [1.29, 1.82) is 0 Å². The third-order valence-electron chi connectivity index (χ3n) is 3.78. The fourth-order valence-electron chi connectivity index (χ4n) is 2.38. The van der Waals surface area contributed by atoms with E-state index in [1.165, 1.54) is 29.2 Å². The first kappa shape index (κ1) is 21.4. The van der Waals surface area contributed by atoms with Gasteiger partial charge in [-0.3, -0.25) is 9.59 Å². The van der Waals surface area contributed by atoms with Crippen LogP contribution < -0.4 is 10.6 Å². The van der Waals surface area contributed by atoms with Crippen molar-refractivity contribution >= 4 is 39.8 Å². The molecule has 150 valence electrons. The molecule has 0 atom stereocenters. The molecule has 9 heteroatoms. The van der Waals surface area contributed by atoms with Crippen LogP contribution in [0.2, 0.25) is 0 Å². The number of rotatable bonds is 7. The number of nitrogens with one attached hydrogen (secondary N) is 2.